The predicted octanol–water partition coefficient (Wildman–Crippen LogP) is 3.40. The zero-order valence-electron chi connectivity index (χ0n) is 14.0. The summed E-state index contributed by atoms with van der Waals surface area (Å²) in [6.45, 7) is 3.49. The van der Waals surface area contributed by atoms with Crippen molar-refractivity contribution in [2.24, 2.45) is 7.05 Å². The van der Waals surface area contributed by atoms with E-state index in [2.05, 4.69) is 15.3 Å². The molecule has 0 spiro atoms. The van der Waals surface area contributed by atoms with Gasteiger partial charge in [-0.2, -0.15) is 0 Å². The summed E-state index contributed by atoms with van der Waals surface area (Å²) in [4.78, 5) is 21.9. The Morgan fingerprint density at radius 3 is 2.72 bits per heavy atom. The molecule has 8 heteroatoms. The summed E-state index contributed by atoms with van der Waals surface area (Å²) in [5.74, 6) is 0.535. The molecule has 0 radical (unpaired) electrons. The maximum Gasteiger partial charge on any atom is 0.266 e. The lowest BCUT2D eigenvalue weighted by molar-refractivity contribution is -0.122. The van der Waals surface area contributed by atoms with Gasteiger partial charge >= 0.3 is 0 Å². The number of nitrogens with zero attached hydrogens (tertiary/aromatic N) is 3. The molecular weight excluding hydrogens is 343 g/mol. The van der Waals surface area contributed by atoms with Crippen LogP contribution < -0.4 is 10.1 Å². The zero-order chi connectivity index (χ0) is 18.0. The number of nitrogens with one attached hydrogen (secondary N) is 1. The van der Waals surface area contributed by atoms with Crippen molar-refractivity contribution < 1.29 is 13.9 Å². The second-order valence-corrected chi connectivity index (χ2v) is 6.50. The third kappa shape index (κ3) is 3.85. The Labute approximate surface area is 148 Å². The SMILES string of the molecule is Cc1nc(NC(=O)C(C)Oc2ccc(F)cc2)sc1-c1nccn1C. The summed E-state index contributed by atoms with van der Waals surface area (Å²) in [5.41, 5.74) is 0.793. The normalized spacial score (nSPS) is 12.0. The molecule has 2 aromatic heterocycles. The summed E-state index contributed by atoms with van der Waals surface area (Å²) < 4.78 is 20.3. The van der Waals surface area contributed by atoms with Crippen molar-refractivity contribution in [1.29, 1.82) is 0 Å². The first-order valence-corrected chi connectivity index (χ1v) is 8.44. The van der Waals surface area contributed by atoms with E-state index >= 15 is 0 Å². The van der Waals surface area contributed by atoms with Gasteiger partial charge in [-0.15, -0.1) is 0 Å². The number of anilines is 1. The summed E-state index contributed by atoms with van der Waals surface area (Å²) >= 11 is 1.35. The first-order valence-electron chi connectivity index (χ1n) is 7.62. The molecule has 1 amide bonds. The molecule has 0 aliphatic rings. The van der Waals surface area contributed by atoms with Crippen LogP contribution in [0.3, 0.4) is 0 Å². The van der Waals surface area contributed by atoms with Crippen LogP contribution in [0, 0.1) is 12.7 Å². The zero-order valence-corrected chi connectivity index (χ0v) is 14.8. The minimum Gasteiger partial charge on any atom is -0.481 e. The van der Waals surface area contributed by atoms with Crippen molar-refractivity contribution in [1.82, 2.24) is 14.5 Å². The van der Waals surface area contributed by atoms with Crippen molar-refractivity contribution in [2.45, 2.75) is 20.0 Å². The molecule has 25 heavy (non-hydrogen) atoms. The highest BCUT2D eigenvalue weighted by atomic mass is 32.1. The van der Waals surface area contributed by atoms with Gasteiger partial charge in [-0.1, -0.05) is 11.3 Å². The Hall–Kier alpha value is -2.74. The average Bonchev–Trinajstić information content (AvgIpc) is 3.14. The van der Waals surface area contributed by atoms with E-state index in [1.54, 1.807) is 13.1 Å². The lowest BCUT2D eigenvalue weighted by Crippen LogP contribution is -2.30. The van der Waals surface area contributed by atoms with Gasteiger partial charge in [-0.3, -0.25) is 10.1 Å². The van der Waals surface area contributed by atoms with Crippen LogP contribution in [0.25, 0.3) is 10.7 Å². The second kappa shape index (κ2) is 7.02. The minimum atomic E-state index is -0.744. The maximum atomic E-state index is 12.9. The van der Waals surface area contributed by atoms with Crippen molar-refractivity contribution in [3.63, 3.8) is 0 Å². The molecule has 0 saturated carbocycles. The summed E-state index contributed by atoms with van der Waals surface area (Å²) in [6.07, 6.45) is 2.82. The number of carbonyl (C=O) groups is 1. The molecule has 130 valence electrons. The number of halogens is 1. The summed E-state index contributed by atoms with van der Waals surface area (Å²) in [6, 6.07) is 5.52. The highest BCUT2D eigenvalue weighted by Crippen LogP contribution is 2.31. The fourth-order valence-corrected chi connectivity index (χ4v) is 3.23. The van der Waals surface area contributed by atoms with Gasteiger partial charge < -0.3 is 9.30 Å². The molecule has 3 aromatic rings. The number of aromatic nitrogens is 3. The Morgan fingerprint density at radius 1 is 1.36 bits per heavy atom. The van der Waals surface area contributed by atoms with Gasteiger partial charge in [0.05, 0.1) is 10.6 Å². The van der Waals surface area contributed by atoms with Crippen LogP contribution in [0.15, 0.2) is 36.7 Å². The third-order valence-corrected chi connectivity index (χ3v) is 4.62. The van der Waals surface area contributed by atoms with E-state index in [0.29, 0.717) is 10.9 Å². The van der Waals surface area contributed by atoms with Gasteiger partial charge in [-0.25, -0.2) is 14.4 Å². The van der Waals surface area contributed by atoms with Crippen molar-refractivity contribution in [3.05, 3.63) is 48.2 Å². The fraction of sp³-hybridized carbons (Fsp3) is 0.235. The van der Waals surface area contributed by atoms with Crippen LogP contribution in [-0.4, -0.2) is 26.5 Å². The fourth-order valence-electron chi connectivity index (χ4n) is 2.22. The average molecular weight is 360 g/mol. The Kier molecular flexibility index (Phi) is 4.80. The lowest BCUT2D eigenvalue weighted by atomic mass is 10.3. The molecule has 0 aliphatic carbocycles. The van der Waals surface area contributed by atoms with E-state index in [9.17, 15) is 9.18 Å². The highest BCUT2D eigenvalue weighted by Gasteiger charge is 2.19. The Bertz CT molecular complexity index is 888. The van der Waals surface area contributed by atoms with Crippen molar-refractivity contribution >= 4 is 22.4 Å². The second-order valence-electron chi connectivity index (χ2n) is 5.50. The number of imidazole rings is 1. The van der Waals surface area contributed by atoms with Gasteiger partial charge in [0.25, 0.3) is 5.91 Å². The molecule has 0 bridgehead atoms. The van der Waals surface area contributed by atoms with Crippen LogP contribution in [0.1, 0.15) is 12.6 Å². The van der Waals surface area contributed by atoms with Crippen molar-refractivity contribution in [2.75, 3.05) is 5.32 Å². The molecule has 0 saturated heterocycles. The number of aryl methyl sites for hydroxylation is 2. The van der Waals surface area contributed by atoms with Crippen LogP contribution in [0.5, 0.6) is 5.75 Å². The number of benzene rings is 1. The summed E-state index contributed by atoms with van der Waals surface area (Å²) in [7, 11) is 1.90. The van der Waals surface area contributed by atoms with Gasteiger partial charge in [0.2, 0.25) is 0 Å². The molecule has 1 N–H and O–H groups in total. The number of hydrogen-bond acceptors (Lipinski definition) is 5. The van der Waals surface area contributed by atoms with Gasteiger partial charge in [0, 0.05) is 19.4 Å². The topological polar surface area (TPSA) is 69.0 Å². The van der Waals surface area contributed by atoms with Gasteiger partial charge in [-0.05, 0) is 38.1 Å². The van der Waals surface area contributed by atoms with E-state index in [1.807, 2.05) is 24.7 Å². The largest absolute Gasteiger partial charge is 0.481 e. The van der Waals surface area contributed by atoms with Gasteiger partial charge in [0.15, 0.2) is 17.1 Å². The van der Waals surface area contributed by atoms with Crippen molar-refractivity contribution in [3.8, 4) is 16.5 Å². The summed E-state index contributed by atoms with van der Waals surface area (Å²) in [5, 5.41) is 3.23. The van der Waals surface area contributed by atoms with E-state index in [-0.39, 0.29) is 11.7 Å². The Morgan fingerprint density at radius 2 is 2.08 bits per heavy atom. The van der Waals surface area contributed by atoms with E-state index < -0.39 is 6.10 Å². The number of rotatable bonds is 5. The third-order valence-electron chi connectivity index (χ3n) is 3.55. The maximum absolute atomic E-state index is 12.9. The molecule has 1 unspecified atom stereocenters. The molecule has 6 nitrogen and oxygen atoms in total. The van der Waals surface area contributed by atoms with E-state index in [4.69, 9.17) is 4.74 Å². The molecule has 0 aliphatic heterocycles. The molecule has 0 fully saturated rings. The quantitative estimate of drug-likeness (QED) is 0.757. The van der Waals surface area contributed by atoms with Gasteiger partial charge in [0.1, 0.15) is 11.6 Å². The monoisotopic (exact) mass is 360 g/mol. The highest BCUT2D eigenvalue weighted by molar-refractivity contribution is 7.19. The lowest BCUT2D eigenvalue weighted by Gasteiger charge is -2.13. The number of thiazole rings is 1. The van der Waals surface area contributed by atoms with E-state index in [0.717, 1.165) is 16.4 Å². The molecule has 1 aromatic carbocycles. The number of hydrogen-bond donors (Lipinski definition) is 1. The first kappa shape index (κ1) is 17.1. The first-order chi connectivity index (χ1) is 11.9. The predicted molar refractivity (Wildman–Crippen MR) is 94.2 cm³/mol. The van der Waals surface area contributed by atoms with E-state index in [1.165, 1.54) is 35.6 Å². The van der Waals surface area contributed by atoms with Crippen LogP contribution in [-0.2, 0) is 11.8 Å². The number of ether oxygens (including phenoxy) is 1. The smallest absolute Gasteiger partial charge is 0.266 e. The van der Waals surface area contributed by atoms with Crippen LogP contribution in [0.2, 0.25) is 0 Å². The van der Waals surface area contributed by atoms with Crippen LogP contribution >= 0.6 is 11.3 Å². The molecule has 3 rings (SSSR count). The molecule has 2 heterocycles. The molecule has 1 atom stereocenters. The number of amides is 1. The standard InChI is InChI=1S/C17H17FN4O2S/c1-10-14(15-19-8-9-22(15)3)25-17(20-10)21-16(23)11(2)24-13-6-4-12(18)5-7-13/h4-9,11H,1-3H3,(H,20,21,23). The number of carbonyl (C=O) groups excluding carboxylic acids is 1. The molecular formula is C17H17FN4O2S. The Balaban J connectivity index is 1.68. The van der Waals surface area contributed by atoms with Crippen LogP contribution in [0.4, 0.5) is 9.52 Å². The minimum absolute atomic E-state index is 0.329.